The molecule has 3 heteroatoms. The fourth-order valence-corrected chi connectivity index (χ4v) is 3.90. The number of nitrogens with zero attached hydrogens (tertiary/aromatic N) is 1. The highest BCUT2D eigenvalue weighted by atomic mass is 16.5. The van der Waals surface area contributed by atoms with Crippen molar-refractivity contribution in [2.75, 3.05) is 0 Å². The number of carbonyl (C=O) groups is 1. The van der Waals surface area contributed by atoms with Crippen LogP contribution in [0.4, 0.5) is 0 Å². The van der Waals surface area contributed by atoms with E-state index in [0.717, 1.165) is 42.5 Å². The molecule has 136 valence electrons. The summed E-state index contributed by atoms with van der Waals surface area (Å²) in [5, 5.41) is 0. The minimum atomic E-state index is -0.327. The number of ether oxygens (including phenoxy) is 1. The highest BCUT2D eigenvalue weighted by Crippen LogP contribution is 2.37. The molecule has 0 unspecified atom stereocenters. The molecule has 0 atom stereocenters. The van der Waals surface area contributed by atoms with Gasteiger partial charge < -0.3 is 4.74 Å². The molecule has 27 heavy (non-hydrogen) atoms. The van der Waals surface area contributed by atoms with E-state index in [-0.39, 0.29) is 5.97 Å². The Morgan fingerprint density at radius 2 is 1.56 bits per heavy atom. The maximum absolute atomic E-state index is 11.8. The predicted molar refractivity (Wildman–Crippen MR) is 107 cm³/mol. The van der Waals surface area contributed by atoms with Crippen molar-refractivity contribution in [2.24, 2.45) is 0 Å². The number of rotatable bonds is 4. The Balaban J connectivity index is 1.90. The molecule has 4 rings (SSSR count). The maximum atomic E-state index is 11.8. The van der Waals surface area contributed by atoms with Gasteiger partial charge in [-0.05, 0) is 42.4 Å². The van der Waals surface area contributed by atoms with E-state index >= 15 is 0 Å². The molecule has 0 amide bonds. The van der Waals surface area contributed by atoms with Gasteiger partial charge >= 0.3 is 5.97 Å². The number of carbonyl (C=O) groups excluding carboxylic acids is 1. The first-order valence-corrected chi connectivity index (χ1v) is 9.55. The summed E-state index contributed by atoms with van der Waals surface area (Å²) in [6.07, 6.45) is 5.09. The maximum Gasteiger partial charge on any atom is 0.309 e. The minimum Gasteiger partial charge on any atom is -0.407 e. The van der Waals surface area contributed by atoms with Gasteiger partial charge in [0, 0.05) is 24.5 Å². The molecule has 0 radical (unpaired) electrons. The summed E-state index contributed by atoms with van der Waals surface area (Å²) in [6.45, 7) is 1.44. The Kier molecular flexibility index (Phi) is 5.01. The summed E-state index contributed by atoms with van der Waals surface area (Å²) >= 11 is 0. The molecule has 0 bridgehead atoms. The molecule has 3 aromatic rings. The summed E-state index contributed by atoms with van der Waals surface area (Å²) in [5.74, 6) is 0.137. The van der Waals surface area contributed by atoms with Crippen molar-refractivity contribution in [3.8, 4) is 17.1 Å². The lowest BCUT2D eigenvalue weighted by Gasteiger charge is -2.24. The summed E-state index contributed by atoms with van der Waals surface area (Å²) < 4.78 is 5.60. The van der Waals surface area contributed by atoms with Crippen LogP contribution in [-0.2, 0) is 24.1 Å². The Labute approximate surface area is 160 Å². The zero-order chi connectivity index (χ0) is 18.6. The van der Waals surface area contributed by atoms with Crippen LogP contribution in [0.2, 0.25) is 0 Å². The molecule has 0 fully saturated rings. The van der Waals surface area contributed by atoms with Gasteiger partial charge in [0.15, 0.2) is 0 Å². The fraction of sp³-hybridized carbons (Fsp3) is 0.250. The highest BCUT2D eigenvalue weighted by Gasteiger charge is 2.24. The van der Waals surface area contributed by atoms with E-state index in [1.807, 2.05) is 36.4 Å². The van der Waals surface area contributed by atoms with E-state index < -0.39 is 0 Å². The predicted octanol–water partition coefficient (Wildman–Crippen LogP) is 5.14. The number of aromatic nitrogens is 1. The Bertz CT molecular complexity index is 949. The van der Waals surface area contributed by atoms with Gasteiger partial charge in [0.2, 0.25) is 5.88 Å². The van der Waals surface area contributed by atoms with Gasteiger partial charge in [0.05, 0.1) is 5.69 Å². The van der Waals surface area contributed by atoms with Crippen LogP contribution in [0.25, 0.3) is 11.3 Å². The van der Waals surface area contributed by atoms with Crippen molar-refractivity contribution < 1.29 is 9.53 Å². The van der Waals surface area contributed by atoms with E-state index in [0.29, 0.717) is 5.88 Å². The second-order valence-corrected chi connectivity index (χ2v) is 7.03. The Morgan fingerprint density at radius 3 is 2.22 bits per heavy atom. The van der Waals surface area contributed by atoms with Crippen LogP contribution >= 0.6 is 0 Å². The third-order valence-corrected chi connectivity index (χ3v) is 5.10. The molecule has 0 saturated carbocycles. The van der Waals surface area contributed by atoms with Crippen LogP contribution in [0, 0.1) is 0 Å². The van der Waals surface area contributed by atoms with Crippen LogP contribution in [0.15, 0.2) is 60.7 Å². The molecule has 0 N–H and O–H groups in total. The molecule has 0 aliphatic heterocycles. The van der Waals surface area contributed by atoms with Crippen molar-refractivity contribution in [3.05, 3.63) is 82.9 Å². The van der Waals surface area contributed by atoms with E-state index in [9.17, 15) is 4.79 Å². The molecular weight excluding hydrogens is 334 g/mol. The Morgan fingerprint density at radius 1 is 0.926 bits per heavy atom. The monoisotopic (exact) mass is 357 g/mol. The van der Waals surface area contributed by atoms with Crippen molar-refractivity contribution in [2.45, 2.75) is 39.0 Å². The number of hydrogen-bond donors (Lipinski definition) is 0. The van der Waals surface area contributed by atoms with Gasteiger partial charge in [-0.3, -0.25) is 4.79 Å². The first kappa shape index (κ1) is 17.5. The van der Waals surface area contributed by atoms with Crippen molar-refractivity contribution >= 4 is 5.97 Å². The van der Waals surface area contributed by atoms with Crippen LogP contribution < -0.4 is 4.74 Å². The molecule has 1 aliphatic rings. The normalized spacial score (nSPS) is 13.1. The quantitative estimate of drug-likeness (QED) is 0.607. The van der Waals surface area contributed by atoms with Gasteiger partial charge in [-0.25, -0.2) is 4.98 Å². The largest absolute Gasteiger partial charge is 0.407 e. The average Bonchev–Trinajstić information content (AvgIpc) is 2.70. The first-order chi connectivity index (χ1) is 13.2. The highest BCUT2D eigenvalue weighted by molar-refractivity contribution is 5.72. The van der Waals surface area contributed by atoms with Crippen molar-refractivity contribution in [1.82, 2.24) is 4.98 Å². The van der Waals surface area contributed by atoms with Crippen LogP contribution in [0.1, 0.15) is 42.0 Å². The first-order valence-electron chi connectivity index (χ1n) is 9.55. The zero-order valence-corrected chi connectivity index (χ0v) is 15.6. The molecule has 1 aromatic heterocycles. The van der Waals surface area contributed by atoms with Crippen LogP contribution in [-0.4, -0.2) is 11.0 Å². The molecule has 3 nitrogen and oxygen atoms in total. The lowest BCUT2D eigenvalue weighted by atomic mass is 9.84. The van der Waals surface area contributed by atoms with Gasteiger partial charge in [-0.1, -0.05) is 60.7 Å². The molecule has 1 aliphatic carbocycles. The number of esters is 1. The van der Waals surface area contributed by atoms with Crippen LogP contribution in [0.5, 0.6) is 5.88 Å². The molecule has 2 aromatic carbocycles. The van der Waals surface area contributed by atoms with E-state index in [2.05, 4.69) is 24.3 Å². The van der Waals surface area contributed by atoms with Gasteiger partial charge in [-0.2, -0.15) is 0 Å². The lowest BCUT2D eigenvalue weighted by molar-refractivity contribution is -0.132. The molecule has 0 spiro atoms. The SMILES string of the molecule is CC(=O)Oc1nc(-c2ccccc2)c2c(c1Cc1ccccc1)CCCC2. The van der Waals surface area contributed by atoms with Gasteiger partial charge in [0.1, 0.15) is 0 Å². The third-order valence-electron chi connectivity index (χ3n) is 5.10. The summed E-state index contributed by atoms with van der Waals surface area (Å²) in [6, 6.07) is 20.5. The standard InChI is InChI=1S/C24H23NO2/c1-17(26)27-24-22(16-18-10-4-2-5-11-18)20-14-8-9-15-21(20)23(25-24)19-12-6-3-7-13-19/h2-7,10-13H,8-9,14-16H2,1H3. The second kappa shape index (κ2) is 7.75. The van der Waals surface area contributed by atoms with E-state index in [1.165, 1.54) is 30.0 Å². The lowest BCUT2D eigenvalue weighted by Crippen LogP contribution is -2.15. The van der Waals surface area contributed by atoms with Gasteiger partial charge in [0.25, 0.3) is 0 Å². The summed E-state index contributed by atoms with van der Waals surface area (Å²) in [7, 11) is 0. The van der Waals surface area contributed by atoms with Crippen LogP contribution in [0.3, 0.4) is 0 Å². The van der Waals surface area contributed by atoms with Gasteiger partial charge in [-0.15, -0.1) is 0 Å². The number of fused-ring (bicyclic) bond motifs is 1. The summed E-state index contributed by atoms with van der Waals surface area (Å²) in [5.41, 5.74) is 6.93. The van der Waals surface area contributed by atoms with Crippen molar-refractivity contribution in [1.29, 1.82) is 0 Å². The minimum absolute atomic E-state index is 0.327. The second-order valence-electron chi connectivity index (χ2n) is 7.03. The van der Waals surface area contributed by atoms with Crippen molar-refractivity contribution in [3.63, 3.8) is 0 Å². The number of pyridine rings is 1. The smallest absolute Gasteiger partial charge is 0.309 e. The summed E-state index contributed by atoms with van der Waals surface area (Å²) in [4.78, 5) is 16.6. The molecule has 0 saturated heterocycles. The zero-order valence-electron chi connectivity index (χ0n) is 15.6. The fourth-order valence-electron chi connectivity index (χ4n) is 3.90. The number of hydrogen-bond acceptors (Lipinski definition) is 3. The van der Waals surface area contributed by atoms with E-state index in [4.69, 9.17) is 9.72 Å². The molecule has 1 heterocycles. The number of benzene rings is 2. The average molecular weight is 357 g/mol. The Hall–Kier alpha value is -2.94. The van der Waals surface area contributed by atoms with E-state index in [1.54, 1.807) is 0 Å². The topological polar surface area (TPSA) is 39.2 Å². The third kappa shape index (κ3) is 3.77. The molecular formula is C24H23NO2.